The number of hydrogen-bond donors (Lipinski definition) is 2. The Morgan fingerprint density at radius 3 is 2.84 bits per heavy atom. The summed E-state index contributed by atoms with van der Waals surface area (Å²) in [4.78, 5) is 15.8. The van der Waals surface area contributed by atoms with E-state index in [0.717, 1.165) is 0 Å². The number of nitrogens with two attached hydrogens (primary N) is 1. The average molecular weight is 267 g/mol. The summed E-state index contributed by atoms with van der Waals surface area (Å²) in [6.07, 6.45) is 1.56. The van der Waals surface area contributed by atoms with Crippen molar-refractivity contribution in [1.82, 2.24) is 4.98 Å². The van der Waals surface area contributed by atoms with Crippen LogP contribution in [0.3, 0.4) is 0 Å². The van der Waals surface area contributed by atoms with E-state index in [1.807, 2.05) is 13.8 Å². The fourth-order valence-electron chi connectivity index (χ4n) is 1.58. The lowest BCUT2D eigenvalue weighted by Crippen LogP contribution is -2.21. The SMILES string of the molecule is CCOC(=O)c1ccnc(NCC(C)OCC)c1N. The zero-order valence-corrected chi connectivity index (χ0v) is 11.6. The third-order valence-corrected chi connectivity index (χ3v) is 2.49. The maximum absolute atomic E-state index is 11.7. The molecule has 0 aliphatic heterocycles. The second kappa shape index (κ2) is 7.58. The number of ether oxygens (including phenoxy) is 2. The van der Waals surface area contributed by atoms with Gasteiger partial charge in [-0.1, -0.05) is 0 Å². The molecule has 0 bridgehead atoms. The molecule has 0 amide bonds. The van der Waals surface area contributed by atoms with Crippen LogP contribution >= 0.6 is 0 Å². The van der Waals surface area contributed by atoms with Crippen LogP contribution in [0.2, 0.25) is 0 Å². The minimum Gasteiger partial charge on any atom is -0.462 e. The molecule has 6 nitrogen and oxygen atoms in total. The topological polar surface area (TPSA) is 86.5 Å². The molecule has 1 aromatic heterocycles. The van der Waals surface area contributed by atoms with Gasteiger partial charge < -0.3 is 20.5 Å². The van der Waals surface area contributed by atoms with Crippen molar-refractivity contribution >= 4 is 17.5 Å². The predicted molar refractivity (Wildman–Crippen MR) is 74.2 cm³/mol. The van der Waals surface area contributed by atoms with Crippen LogP contribution in [-0.2, 0) is 9.47 Å². The van der Waals surface area contributed by atoms with Crippen molar-refractivity contribution in [1.29, 1.82) is 0 Å². The molecule has 0 spiro atoms. The highest BCUT2D eigenvalue weighted by atomic mass is 16.5. The summed E-state index contributed by atoms with van der Waals surface area (Å²) in [6, 6.07) is 1.55. The highest BCUT2D eigenvalue weighted by molar-refractivity contribution is 5.97. The lowest BCUT2D eigenvalue weighted by Gasteiger charge is -2.15. The van der Waals surface area contributed by atoms with Gasteiger partial charge in [0.1, 0.15) is 5.82 Å². The van der Waals surface area contributed by atoms with E-state index in [-0.39, 0.29) is 6.10 Å². The van der Waals surface area contributed by atoms with Crippen molar-refractivity contribution < 1.29 is 14.3 Å². The lowest BCUT2D eigenvalue weighted by atomic mass is 10.2. The van der Waals surface area contributed by atoms with Gasteiger partial charge in [-0.05, 0) is 26.8 Å². The number of anilines is 2. The molecule has 0 fully saturated rings. The summed E-state index contributed by atoms with van der Waals surface area (Å²) in [6.45, 7) is 7.15. The highest BCUT2D eigenvalue weighted by Crippen LogP contribution is 2.20. The number of nitrogens with zero attached hydrogens (tertiary/aromatic N) is 1. The van der Waals surface area contributed by atoms with E-state index in [1.165, 1.54) is 6.20 Å². The molecule has 106 valence electrons. The van der Waals surface area contributed by atoms with Gasteiger partial charge in [0, 0.05) is 19.3 Å². The van der Waals surface area contributed by atoms with Crippen molar-refractivity contribution in [3.63, 3.8) is 0 Å². The van der Waals surface area contributed by atoms with Gasteiger partial charge in [-0.15, -0.1) is 0 Å². The number of hydrogen-bond acceptors (Lipinski definition) is 6. The van der Waals surface area contributed by atoms with Crippen LogP contribution in [0.15, 0.2) is 12.3 Å². The molecule has 0 aliphatic carbocycles. The van der Waals surface area contributed by atoms with Crippen LogP contribution in [-0.4, -0.2) is 36.8 Å². The molecule has 1 aromatic rings. The standard InChI is InChI=1S/C13H21N3O3/c1-4-18-9(3)8-16-12-11(14)10(6-7-15-12)13(17)19-5-2/h6-7,9H,4-5,8,14H2,1-3H3,(H,15,16). The van der Waals surface area contributed by atoms with E-state index in [9.17, 15) is 4.79 Å². The second-order valence-electron chi connectivity index (χ2n) is 3.99. The molecule has 1 unspecified atom stereocenters. The van der Waals surface area contributed by atoms with Gasteiger partial charge in [0.05, 0.1) is 24.0 Å². The third-order valence-electron chi connectivity index (χ3n) is 2.49. The second-order valence-corrected chi connectivity index (χ2v) is 3.99. The molecule has 0 aromatic carbocycles. The Bertz CT molecular complexity index is 424. The number of esters is 1. The minimum absolute atomic E-state index is 0.0393. The molecule has 0 saturated heterocycles. The van der Waals surface area contributed by atoms with Crippen molar-refractivity contribution in [2.45, 2.75) is 26.9 Å². The average Bonchev–Trinajstić information content (AvgIpc) is 2.38. The van der Waals surface area contributed by atoms with Gasteiger partial charge >= 0.3 is 5.97 Å². The first-order chi connectivity index (χ1) is 9.10. The number of rotatable bonds is 7. The fraction of sp³-hybridized carbons (Fsp3) is 0.538. The summed E-state index contributed by atoms with van der Waals surface area (Å²) < 4.78 is 10.3. The van der Waals surface area contributed by atoms with E-state index in [2.05, 4.69) is 10.3 Å². The van der Waals surface area contributed by atoms with Gasteiger partial charge in [0.25, 0.3) is 0 Å². The molecule has 1 rings (SSSR count). The quantitative estimate of drug-likeness (QED) is 0.731. The Labute approximate surface area is 113 Å². The van der Waals surface area contributed by atoms with Crippen molar-refractivity contribution in [2.24, 2.45) is 0 Å². The Morgan fingerprint density at radius 2 is 2.21 bits per heavy atom. The Balaban J connectivity index is 2.74. The number of aromatic nitrogens is 1. The van der Waals surface area contributed by atoms with E-state index in [0.29, 0.717) is 36.8 Å². The van der Waals surface area contributed by atoms with Gasteiger partial charge in [-0.25, -0.2) is 9.78 Å². The molecule has 1 atom stereocenters. The molecular formula is C13H21N3O3. The van der Waals surface area contributed by atoms with Crippen molar-refractivity contribution in [3.05, 3.63) is 17.8 Å². The number of nitrogen functional groups attached to an aromatic ring is 1. The molecule has 6 heteroatoms. The van der Waals surface area contributed by atoms with Gasteiger partial charge in [-0.3, -0.25) is 0 Å². The van der Waals surface area contributed by atoms with Gasteiger partial charge in [0.2, 0.25) is 0 Å². The molecule has 3 N–H and O–H groups in total. The zero-order valence-electron chi connectivity index (χ0n) is 11.6. The van der Waals surface area contributed by atoms with Crippen molar-refractivity contribution in [2.75, 3.05) is 30.8 Å². The van der Waals surface area contributed by atoms with Crippen LogP contribution in [0.4, 0.5) is 11.5 Å². The number of carbonyl (C=O) groups is 1. The molecule has 0 aliphatic rings. The molecule has 1 heterocycles. The summed E-state index contributed by atoms with van der Waals surface area (Å²) in [5, 5.41) is 3.07. The Hall–Kier alpha value is -1.82. The summed E-state index contributed by atoms with van der Waals surface area (Å²) in [5.74, 6) is 0.0282. The Morgan fingerprint density at radius 1 is 1.47 bits per heavy atom. The van der Waals surface area contributed by atoms with Crippen LogP contribution < -0.4 is 11.1 Å². The molecular weight excluding hydrogens is 246 g/mol. The van der Waals surface area contributed by atoms with Gasteiger partial charge in [0.15, 0.2) is 0 Å². The molecule has 0 saturated carbocycles. The van der Waals surface area contributed by atoms with Gasteiger partial charge in [-0.2, -0.15) is 0 Å². The number of pyridine rings is 1. The summed E-state index contributed by atoms with van der Waals surface area (Å²) in [7, 11) is 0. The van der Waals surface area contributed by atoms with Crippen LogP contribution in [0.1, 0.15) is 31.1 Å². The highest BCUT2D eigenvalue weighted by Gasteiger charge is 2.14. The normalized spacial score (nSPS) is 11.9. The minimum atomic E-state index is -0.441. The van der Waals surface area contributed by atoms with E-state index in [4.69, 9.17) is 15.2 Å². The van der Waals surface area contributed by atoms with Crippen LogP contribution in [0.5, 0.6) is 0 Å². The fourth-order valence-corrected chi connectivity index (χ4v) is 1.58. The first-order valence-corrected chi connectivity index (χ1v) is 6.37. The number of carbonyl (C=O) groups excluding carboxylic acids is 1. The third kappa shape index (κ3) is 4.40. The van der Waals surface area contributed by atoms with Crippen LogP contribution in [0, 0.1) is 0 Å². The van der Waals surface area contributed by atoms with Crippen molar-refractivity contribution in [3.8, 4) is 0 Å². The van der Waals surface area contributed by atoms with E-state index >= 15 is 0 Å². The maximum Gasteiger partial charge on any atom is 0.340 e. The van der Waals surface area contributed by atoms with E-state index in [1.54, 1.807) is 13.0 Å². The number of nitrogens with one attached hydrogen (secondary N) is 1. The van der Waals surface area contributed by atoms with E-state index < -0.39 is 5.97 Å². The molecule has 0 radical (unpaired) electrons. The molecule has 19 heavy (non-hydrogen) atoms. The monoisotopic (exact) mass is 267 g/mol. The predicted octanol–water partition coefficient (Wildman–Crippen LogP) is 1.68. The largest absolute Gasteiger partial charge is 0.462 e. The Kier molecular flexibility index (Phi) is 6.08. The first kappa shape index (κ1) is 15.2. The first-order valence-electron chi connectivity index (χ1n) is 6.37. The maximum atomic E-state index is 11.7. The summed E-state index contributed by atoms with van der Waals surface area (Å²) >= 11 is 0. The summed E-state index contributed by atoms with van der Waals surface area (Å²) in [5.41, 5.74) is 6.53. The van der Waals surface area contributed by atoms with Crippen LogP contribution in [0.25, 0.3) is 0 Å². The zero-order chi connectivity index (χ0) is 14.3. The lowest BCUT2D eigenvalue weighted by molar-refractivity contribution is 0.0527. The smallest absolute Gasteiger partial charge is 0.340 e.